The molecule has 4 N–H and O–H groups in total. The van der Waals surface area contributed by atoms with Crippen molar-refractivity contribution >= 4 is 35.5 Å². The number of benzene rings is 1. The molecule has 0 spiro atoms. The lowest BCUT2D eigenvalue weighted by atomic mass is 10.2. The van der Waals surface area contributed by atoms with Crippen LogP contribution in [0.4, 0.5) is 14.9 Å². The molecule has 0 fully saturated rings. The summed E-state index contributed by atoms with van der Waals surface area (Å²) < 4.78 is 23.7. The van der Waals surface area contributed by atoms with Gasteiger partial charge in [-0.3, -0.25) is 10.7 Å². The monoisotopic (exact) mass is 404 g/mol. The highest BCUT2D eigenvalue weighted by Crippen LogP contribution is 2.32. The number of esters is 1. The molecule has 0 aliphatic heterocycles. The molecule has 0 saturated carbocycles. The van der Waals surface area contributed by atoms with E-state index in [-0.39, 0.29) is 10.6 Å². The van der Waals surface area contributed by atoms with Crippen molar-refractivity contribution < 1.29 is 38.6 Å². The number of alkyl carbamates (subject to hydrolysis) is 1. The first-order valence-corrected chi connectivity index (χ1v) is 8.64. The maximum atomic E-state index is 14.3. The number of amides is 1. The summed E-state index contributed by atoms with van der Waals surface area (Å²) in [7, 11) is 1.08. The van der Waals surface area contributed by atoms with Gasteiger partial charge in [-0.2, -0.15) is 0 Å². The summed E-state index contributed by atoms with van der Waals surface area (Å²) in [6.07, 6.45) is -0.914. The fourth-order valence-electron chi connectivity index (χ4n) is 1.85. The minimum absolute atomic E-state index is 0.125. The number of anilines is 1. The maximum absolute atomic E-state index is 14.3. The summed E-state index contributed by atoms with van der Waals surface area (Å²) in [5.74, 6) is -3.50. The fourth-order valence-corrected chi connectivity index (χ4v) is 2.86. The zero-order chi connectivity index (χ0) is 20.8. The van der Waals surface area contributed by atoms with Crippen LogP contribution < -0.4 is 10.8 Å². The highest BCUT2D eigenvalue weighted by atomic mass is 32.2. The Morgan fingerprint density at radius 1 is 1.30 bits per heavy atom. The van der Waals surface area contributed by atoms with E-state index in [1.54, 1.807) is 26.3 Å². The Morgan fingerprint density at radius 2 is 1.93 bits per heavy atom. The van der Waals surface area contributed by atoms with E-state index in [1.165, 1.54) is 6.07 Å². The lowest BCUT2D eigenvalue weighted by Gasteiger charge is -2.22. The second kappa shape index (κ2) is 9.42. The molecule has 27 heavy (non-hydrogen) atoms. The number of nitrogens with one attached hydrogen (secondary N) is 2. The largest absolute Gasteiger partial charge is 0.480 e. The van der Waals surface area contributed by atoms with Crippen LogP contribution in [0.25, 0.3) is 0 Å². The number of rotatable bonds is 7. The van der Waals surface area contributed by atoms with E-state index < -0.39 is 46.7 Å². The molecule has 0 saturated heterocycles. The van der Waals surface area contributed by atoms with Gasteiger partial charge in [0.25, 0.3) is 0 Å². The molecule has 150 valence electrons. The third-order valence-corrected chi connectivity index (χ3v) is 4.17. The van der Waals surface area contributed by atoms with E-state index in [4.69, 9.17) is 9.94 Å². The molecule has 9 nitrogen and oxygen atoms in total. The summed E-state index contributed by atoms with van der Waals surface area (Å²) >= 11 is 0.844. The smallest absolute Gasteiger partial charge is 0.408 e. The van der Waals surface area contributed by atoms with Crippen molar-refractivity contribution in [1.29, 1.82) is 0 Å². The van der Waals surface area contributed by atoms with Gasteiger partial charge in [0.1, 0.15) is 17.3 Å². The summed E-state index contributed by atoms with van der Waals surface area (Å²) in [5.41, 5.74) is 0.0251. The van der Waals surface area contributed by atoms with Gasteiger partial charge < -0.3 is 19.9 Å². The van der Waals surface area contributed by atoms with Gasteiger partial charge in [-0.25, -0.2) is 18.8 Å². The molecule has 1 amide bonds. The molecule has 1 rings (SSSR count). The van der Waals surface area contributed by atoms with Crippen molar-refractivity contribution in [3.05, 3.63) is 23.5 Å². The number of aliphatic carboxylic acids is 1. The number of carbonyl (C=O) groups is 3. The second-order valence-electron chi connectivity index (χ2n) is 6.25. The van der Waals surface area contributed by atoms with E-state index in [0.717, 1.165) is 24.9 Å². The number of ether oxygens (including phenoxy) is 2. The van der Waals surface area contributed by atoms with Crippen LogP contribution >= 0.6 is 11.8 Å². The van der Waals surface area contributed by atoms with Gasteiger partial charge in [-0.15, -0.1) is 11.8 Å². The zero-order valence-corrected chi connectivity index (χ0v) is 16.0. The number of halogens is 1. The standard InChI is InChI=1S/C16H21FN2O7S/c1-16(2,3)26-15(23)18-9(13(20)21)7-27-10-6-5-8(14(22)25-4)11(17)12(10)19-24/h5-6,9,19,24H,7H2,1-4H3,(H,18,23)(H,20,21)/t9-/m0/s1. The molecule has 1 aromatic rings. The molecule has 0 radical (unpaired) electrons. The highest BCUT2D eigenvalue weighted by molar-refractivity contribution is 7.99. The van der Waals surface area contributed by atoms with E-state index >= 15 is 0 Å². The van der Waals surface area contributed by atoms with Crippen LogP contribution in [0.2, 0.25) is 0 Å². The Morgan fingerprint density at radius 3 is 2.41 bits per heavy atom. The summed E-state index contributed by atoms with van der Waals surface area (Å²) in [4.78, 5) is 34.7. The Hall–Kier alpha value is -2.53. The van der Waals surface area contributed by atoms with Crippen LogP contribution in [-0.4, -0.2) is 52.9 Å². The minimum atomic E-state index is -1.33. The Kier molecular flexibility index (Phi) is 7.85. The normalized spacial score (nSPS) is 12.1. The molecule has 0 aliphatic rings. The molecular weight excluding hydrogens is 383 g/mol. The van der Waals surface area contributed by atoms with Crippen LogP contribution in [0.1, 0.15) is 31.1 Å². The second-order valence-corrected chi connectivity index (χ2v) is 7.31. The molecule has 0 aromatic heterocycles. The number of carbonyl (C=O) groups excluding carboxylic acids is 2. The first kappa shape index (κ1) is 22.5. The number of hydrogen-bond donors (Lipinski definition) is 4. The molecule has 0 unspecified atom stereocenters. The van der Waals surface area contributed by atoms with Crippen LogP contribution in [0.3, 0.4) is 0 Å². The summed E-state index contributed by atoms with van der Waals surface area (Å²) in [6.45, 7) is 4.88. The number of carboxylic acids is 1. The van der Waals surface area contributed by atoms with E-state index in [0.29, 0.717) is 0 Å². The number of methoxy groups -OCH3 is 1. The highest BCUT2D eigenvalue weighted by Gasteiger charge is 2.25. The average molecular weight is 404 g/mol. The van der Waals surface area contributed by atoms with Crippen molar-refractivity contribution in [1.82, 2.24) is 5.32 Å². The van der Waals surface area contributed by atoms with Crippen molar-refractivity contribution in [3.8, 4) is 0 Å². The van der Waals surface area contributed by atoms with Crippen LogP contribution in [-0.2, 0) is 14.3 Å². The molecule has 0 heterocycles. The molecule has 11 heteroatoms. The Balaban J connectivity index is 2.93. The lowest BCUT2D eigenvalue weighted by Crippen LogP contribution is -2.44. The Bertz CT molecular complexity index is 721. The van der Waals surface area contributed by atoms with E-state index in [2.05, 4.69) is 10.1 Å². The van der Waals surface area contributed by atoms with Crippen molar-refractivity contribution in [2.24, 2.45) is 0 Å². The van der Waals surface area contributed by atoms with Gasteiger partial charge >= 0.3 is 18.0 Å². The number of hydrogen-bond acceptors (Lipinski definition) is 8. The molecule has 0 aliphatic carbocycles. The Labute approximate surface area is 159 Å². The fraction of sp³-hybridized carbons (Fsp3) is 0.438. The topological polar surface area (TPSA) is 134 Å². The lowest BCUT2D eigenvalue weighted by molar-refractivity contribution is -0.138. The summed E-state index contributed by atoms with van der Waals surface area (Å²) in [6, 6.07) is 1.12. The van der Waals surface area contributed by atoms with Gasteiger partial charge in [0.15, 0.2) is 5.82 Å². The molecule has 1 aromatic carbocycles. The predicted molar refractivity (Wildman–Crippen MR) is 94.7 cm³/mol. The minimum Gasteiger partial charge on any atom is -0.480 e. The zero-order valence-electron chi connectivity index (χ0n) is 15.2. The van der Waals surface area contributed by atoms with Crippen molar-refractivity contribution in [2.75, 3.05) is 18.3 Å². The van der Waals surface area contributed by atoms with Crippen molar-refractivity contribution in [3.63, 3.8) is 0 Å². The van der Waals surface area contributed by atoms with E-state index in [1.807, 2.05) is 0 Å². The van der Waals surface area contributed by atoms with E-state index in [9.17, 15) is 23.9 Å². The first-order valence-electron chi connectivity index (χ1n) is 7.66. The molecule has 0 bridgehead atoms. The van der Waals surface area contributed by atoms with Gasteiger partial charge in [-0.05, 0) is 32.9 Å². The van der Waals surface area contributed by atoms with Crippen LogP contribution in [0, 0.1) is 5.82 Å². The van der Waals surface area contributed by atoms with Gasteiger partial charge in [-0.1, -0.05) is 0 Å². The SMILES string of the molecule is COC(=O)c1ccc(SC[C@H](NC(=O)OC(C)(C)C)C(=O)O)c(NO)c1F. The maximum Gasteiger partial charge on any atom is 0.408 e. The third-order valence-electron chi connectivity index (χ3n) is 3.02. The van der Waals surface area contributed by atoms with Gasteiger partial charge in [0, 0.05) is 10.6 Å². The van der Waals surface area contributed by atoms with Crippen LogP contribution in [0.15, 0.2) is 17.0 Å². The number of carboxylic acid groups (broad SMARTS) is 1. The third kappa shape index (κ3) is 6.61. The van der Waals surface area contributed by atoms with Gasteiger partial charge in [0.05, 0.1) is 12.7 Å². The van der Waals surface area contributed by atoms with Gasteiger partial charge in [0.2, 0.25) is 0 Å². The quantitative estimate of drug-likeness (QED) is 0.307. The van der Waals surface area contributed by atoms with Crippen molar-refractivity contribution in [2.45, 2.75) is 37.3 Å². The number of thioether (sulfide) groups is 1. The van der Waals surface area contributed by atoms with Crippen LogP contribution in [0.5, 0.6) is 0 Å². The summed E-state index contributed by atoms with van der Waals surface area (Å²) in [5, 5.41) is 20.6. The average Bonchev–Trinajstić information content (AvgIpc) is 2.56. The predicted octanol–water partition coefficient (Wildman–Crippen LogP) is 2.48. The molecular formula is C16H21FN2O7S. The first-order chi connectivity index (χ1) is 12.5. The molecule has 1 atom stereocenters.